The summed E-state index contributed by atoms with van der Waals surface area (Å²) in [6.07, 6.45) is 0.248. The first-order valence-electron chi connectivity index (χ1n) is 3.76. The maximum Gasteiger partial charge on any atom is 0.340 e. The van der Waals surface area contributed by atoms with E-state index in [9.17, 15) is 9.18 Å². The standard InChI is InChI=1S/C9H8BFO2/c1-13-9(12)7-3-2-6(5-10)4-8(7)11/h2-4H,5H2,1H3. The van der Waals surface area contributed by atoms with Gasteiger partial charge in [-0.2, -0.15) is 0 Å². The molecule has 4 heteroatoms. The molecular formula is C9H8BFO2. The van der Waals surface area contributed by atoms with Crippen LogP contribution in [-0.4, -0.2) is 20.9 Å². The van der Waals surface area contributed by atoms with E-state index >= 15 is 0 Å². The molecule has 0 fully saturated rings. The number of methoxy groups -OCH3 is 1. The molecule has 0 spiro atoms. The van der Waals surface area contributed by atoms with Crippen molar-refractivity contribution in [1.82, 2.24) is 0 Å². The SMILES string of the molecule is [B]Cc1ccc(C(=O)OC)c(F)c1. The van der Waals surface area contributed by atoms with Crippen molar-refractivity contribution in [3.63, 3.8) is 0 Å². The lowest BCUT2D eigenvalue weighted by Gasteiger charge is -2.02. The minimum absolute atomic E-state index is 0.0697. The van der Waals surface area contributed by atoms with Gasteiger partial charge in [0, 0.05) is 0 Å². The summed E-state index contributed by atoms with van der Waals surface area (Å²) < 4.78 is 17.5. The highest BCUT2D eigenvalue weighted by molar-refractivity contribution is 6.08. The average molecular weight is 178 g/mol. The van der Waals surface area contributed by atoms with Crippen LogP contribution in [0, 0.1) is 5.82 Å². The highest BCUT2D eigenvalue weighted by Gasteiger charge is 2.11. The van der Waals surface area contributed by atoms with Gasteiger partial charge in [0.2, 0.25) is 0 Å². The lowest BCUT2D eigenvalue weighted by atomic mass is 9.96. The maximum atomic E-state index is 13.1. The summed E-state index contributed by atoms with van der Waals surface area (Å²) in [7, 11) is 6.50. The summed E-state index contributed by atoms with van der Waals surface area (Å²) in [5.74, 6) is -1.28. The van der Waals surface area contributed by atoms with E-state index < -0.39 is 11.8 Å². The summed E-state index contributed by atoms with van der Waals surface area (Å²) in [6.45, 7) is 0. The second-order valence-electron chi connectivity index (χ2n) is 2.51. The third-order valence-electron chi connectivity index (χ3n) is 1.67. The van der Waals surface area contributed by atoms with E-state index in [1.165, 1.54) is 19.2 Å². The molecule has 0 heterocycles. The second kappa shape index (κ2) is 4.07. The number of halogens is 1. The van der Waals surface area contributed by atoms with Gasteiger partial charge in [-0.3, -0.25) is 0 Å². The highest BCUT2D eigenvalue weighted by Crippen LogP contribution is 2.11. The first-order valence-corrected chi connectivity index (χ1v) is 3.76. The lowest BCUT2D eigenvalue weighted by Crippen LogP contribution is -2.04. The van der Waals surface area contributed by atoms with Crippen LogP contribution in [0.5, 0.6) is 0 Å². The summed E-state index contributed by atoms with van der Waals surface area (Å²) >= 11 is 0. The number of hydrogen-bond acceptors (Lipinski definition) is 2. The Bertz CT molecular complexity index is 325. The van der Waals surface area contributed by atoms with Gasteiger partial charge in [-0.25, -0.2) is 9.18 Å². The van der Waals surface area contributed by atoms with Gasteiger partial charge >= 0.3 is 5.97 Å². The summed E-state index contributed by atoms with van der Waals surface area (Å²) in [5.41, 5.74) is 0.574. The van der Waals surface area contributed by atoms with E-state index in [1.807, 2.05) is 0 Å². The molecule has 0 aliphatic heterocycles. The summed E-state index contributed by atoms with van der Waals surface area (Å²) in [6, 6.07) is 4.19. The molecule has 0 bridgehead atoms. The van der Waals surface area contributed by atoms with Crippen LogP contribution in [0.25, 0.3) is 0 Å². The van der Waals surface area contributed by atoms with Crippen molar-refractivity contribution >= 4 is 13.8 Å². The summed E-state index contributed by atoms with van der Waals surface area (Å²) in [4.78, 5) is 10.9. The Morgan fingerprint density at radius 2 is 2.31 bits per heavy atom. The number of carbonyl (C=O) groups excluding carboxylic acids is 1. The number of rotatable bonds is 2. The van der Waals surface area contributed by atoms with Gasteiger partial charge in [0.25, 0.3) is 0 Å². The Kier molecular flexibility index (Phi) is 3.06. The average Bonchev–Trinajstić information content (AvgIpc) is 2.16. The largest absolute Gasteiger partial charge is 0.465 e. The zero-order valence-corrected chi connectivity index (χ0v) is 7.21. The first-order chi connectivity index (χ1) is 6.19. The topological polar surface area (TPSA) is 26.3 Å². The fourth-order valence-electron chi connectivity index (χ4n) is 0.961. The van der Waals surface area contributed by atoms with Crippen LogP contribution in [0.4, 0.5) is 4.39 Å². The number of hydrogen-bond donors (Lipinski definition) is 0. The molecular weight excluding hydrogens is 170 g/mol. The Balaban J connectivity index is 3.05. The molecule has 0 aliphatic rings. The third-order valence-corrected chi connectivity index (χ3v) is 1.67. The fourth-order valence-corrected chi connectivity index (χ4v) is 0.961. The molecule has 0 amide bonds. The normalized spacial score (nSPS) is 9.69. The Hall–Kier alpha value is -1.32. The zero-order valence-electron chi connectivity index (χ0n) is 7.21. The van der Waals surface area contributed by atoms with Gasteiger partial charge < -0.3 is 4.74 Å². The summed E-state index contributed by atoms with van der Waals surface area (Å²) in [5, 5.41) is 0. The van der Waals surface area contributed by atoms with Crippen LogP contribution in [0.15, 0.2) is 18.2 Å². The molecule has 13 heavy (non-hydrogen) atoms. The Morgan fingerprint density at radius 1 is 1.62 bits per heavy atom. The van der Waals surface area contributed by atoms with Crippen molar-refractivity contribution in [1.29, 1.82) is 0 Å². The van der Waals surface area contributed by atoms with Crippen molar-refractivity contribution in [3.05, 3.63) is 35.1 Å². The zero-order chi connectivity index (χ0) is 9.84. The predicted octanol–water partition coefficient (Wildman–Crippen LogP) is 1.28. The van der Waals surface area contributed by atoms with E-state index in [-0.39, 0.29) is 11.9 Å². The van der Waals surface area contributed by atoms with Gasteiger partial charge in [0.15, 0.2) is 0 Å². The van der Waals surface area contributed by atoms with Gasteiger partial charge in [-0.15, -0.1) is 0 Å². The first kappa shape index (κ1) is 9.77. The fraction of sp³-hybridized carbons (Fsp3) is 0.222. The van der Waals surface area contributed by atoms with E-state index in [2.05, 4.69) is 4.74 Å². The monoisotopic (exact) mass is 178 g/mol. The van der Waals surface area contributed by atoms with Gasteiger partial charge in [0.05, 0.1) is 20.5 Å². The molecule has 0 unspecified atom stereocenters. The lowest BCUT2D eigenvalue weighted by molar-refractivity contribution is 0.0595. The molecule has 2 nitrogen and oxygen atoms in total. The van der Waals surface area contributed by atoms with Crippen LogP contribution >= 0.6 is 0 Å². The highest BCUT2D eigenvalue weighted by atomic mass is 19.1. The number of ether oxygens (including phenoxy) is 1. The van der Waals surface area contributed by atoms with Crippen LogP contribution in [0.3, 0.4) is 0 Å². The van der Waals surface area contributed by atoms with E-state index in [0.717, 1.165) is 0 Å². The van der Waals surface area contributed by atoms with Gasteiger partial charge in [-0.05, 0) is 12.1 Å². The van der Waals surface area contributed by atoms with Crippen LogP contribution in [0.1, 0.15) is 15.9 Å². The Morgan fingerprint density at radius 3 is 2.77 bits per heavy atom. The van der Waals surface area contributed by atoms with Gasteiger partial charge in [0.1, 0.15) is 5.82 Å². The third kappa shape index (κ3) is 2.08. The molecule has 0 atom stereocenters. The predicted molar refractivity (Wildman–Crippen MR) is 47.2 cm³/mol. The minimum atomic E-state index is -0.680. The molecule has 0 saturated carbocycles. The van der Waals surface area contributed by atoms with Crippen LogP contribution in [-0.2, 0) is 11.1 Å². The maximum absolute atomic E-state index is 13.1. The number of carbonyl (C=O) groups is 1. The molecule has 0 saturated heterocycles. The molecule has 0 aliphatic carbocycles. The van der Waals surface area contributed by atoms with Crippen molar-refractivity contribution in [3.8, 4) is 0 Å². The molecule has 1 aromatic rings. The molecule has 2 radical (unpaired) electrons. The smallest absolute Gasteiger partial charge is 0.340 e. The van der Waals surface area contributed by atoms with E-state index in [0.29, 0.717) is 5.56 Å². The van der Waals surface area contributed by atoms with Crippen molar-refractivity contribution in [2.75, 3.05) is 7.11 Å². The molecule has 0 N–H and O–H groups in total. The van der Waals surface area contributed by atoms with Gasteiger partial charge in [-0.1, -0.05) is 17.9 Å². The quantitative estimate of drug-likeness (QED) is 0.503. The van der Waals surface area contributed by atoms with E-state index in [1.54, 1.807) is 6.07 Å². The van der Waals surface area contributed by atoms with Crippen molar-refractivity contribution in [2.24, 2.45) is 0 Å². The molecule has 66 valence electrons. The second-order valence-corrected chi connectivity index (χ2v) is 2.51. The number of esters is 1. The number of benzene rings is 1. The van der Waals surface area contributed by atoms with Crippen LogP contribution in [0.2, 0.25) is 0 Å². The van der Waals surface area contributed by atoms with E-state index in [4.69, 9.17) is 7.85 Å². The molecule has 1 rings (SSSR count). The van der Waals surface area contributed by atoms with Crippen molar-refractivity contribution in [2.45, 2.75) is 6.32 Å². The Labute approximate surface area is 77.1 Å². The molecule has 1 aromatic carbocycles. The van der Waals surface area contributed by atoms with Crippen molar-refractivity contribution < 1.29 is 13.9 Å². The minimum Gasteiger partial charge on any atom is -0.465 e. The van der Waals surface area contributed by atoms with Crippen LogP contribution < -0.4 is 0 Å². The molecule has 0 aromatic heterocycles.